The van der Waals surface area contributed by atoms with Crippen molar-refractivity contribution in [3.63, 3.8) is 0 Å². The van der Waals surface area contributed by atoms with Crippen LogP contribution in [0.3, 0.4) is 0 Å². The molecule has 1 aliphatic heterocycles. The number of hydrogen-bond acceptors (Lipinski definition) is 6. The summed E-state index contributed by atoms with van der Waals surface area (Å²) in [6, 6.07) is 3.86. The molecule has 0 saturated carbocycles. The van der Waals surface area contributed by atoms with Gasteiger partial charge in [0.15, 0.2) is 0 Å². The van der Waals surface area contributed by atoms with Crippen molar-refractivity contribution in [3.8, 4) is 0 Å². The highest BCUT2D eigenvalue weighted by molar-refractivity contribution is 5.13. The van der Waals surface area contributed by atoms with Gasteiger partial charge in [0.2, 0.25) is 0 Å². The fourth-order valence-corrected chi connectivity index (χ4v) is 2.31. The quantitative estimate of drug-likeness (QED) is 0.540. The Bertz CT molecular complexity index is 415. The first kappa shape index (κ1) is 15.9. The number of nitrogens with zero attached hydrogens (tertiary/aromatic N) is 2. The van der Waals surface area contributed by atoms with Crippen molar-refractivity contribution < 1.29 is 19.3 Å². The zero-order valence-corrected chi connectivity index (χ0v) is 12.1. The molecule has 0 radical (unpaired) electrons. The highest BCUT2D eigenvalue weighted by Gasteiger charge is 2.33. The maximum atomic E-state index is 9.18. The molecule has 6 heteroatoms. The van der Waals surface area contributed by atoms with E-state index in [1.807, 2.05) is 12.1 Å². The lowest BCUT2D eigenvalue weighted by atomic mass is 10.2. The maximum absolute atomic E-state index is 9.18. The van der Waals surface area contributed by atoms with Gasteiger partial charge in [0.05, 0.1) is 32.2 Å². The topological polar surface area (TPSA) is 64.1 Å². The van der Waals surface area contributed by atoms with Crippen molar-refractivity contribution in [2.24, 2.45) is 0 Å². The second kappa shape index (κ2) is 8.74. The van der Waals surface area contributed by atoms with Crippen LogP contribution in [-0.2, 0) is 14.2 Å². The lowest BCUT2D eigenvalue weighted by Crippen LogP contribution is -2.29. The first-order valence-corrected chi connectivity index (χ1v) is 7.05. The zero-order valence-electron chi connectivity index (χ0n) is 12.1. The number of aliphatic hydroxyl groups is 1. The van der Waals surface area contributed by atoms with E-state index < -0.39 is 0 Å². The fourth-order valence-electron chi connectivity index (χ4n) is 2.31. The SMILES string of the molecule is C=COCCOCC1CN(CCO)C(c2cccnc2)O1. The van der Waals surface area contributed by atoms with E-state index in [1.165, 1.54) is 6.26 Å². The van der Waals surface area contributed by atoms with Gasteiger partial charge in [-0.25, -0.2) is 0 Å². The largest absolute Gasteiger partial charge is 0.499 e. The lowest BCUT2D eigenvalue weighted by Gasteiger charge is -2.21. The Labute approximate surface area is 124 Å². The van der Waals surface area contributed by atoms with E-state index in [0.29, 0.717) is 26.4 Å². The monoisotopic (exact) mass is 294 g/mol. The molecule has 116 valence electrons. The van der Waals surface area contributed by atoms with Gasteiger partial charge in [-0.15, -0.1) is 0 Å². The van der Waals surface area contributed by atoms with Gasteiger partial charge in [0, 0.05) is 31.0 Å². The van der Waals surface area contributed by atoms with Gasteiger partial charge in [-0.2, -0.15) is 0 Å². The summed E-state index contributed by atoms with van der Waals surface area (Å²) in [7, 11) is 0. The number of hydrogen-bond donors (Lipinski definition) is 1. The number of pyridine rings is 1. The van der Waals surface area contributed by atoms with Crippen molar-refractivity contribution in [2.75, 3.05) is 39.5 Å². The molecule has 0 aliphatic carbocycles. The summed E-state index contributed by atoms with van der Waals surface area (Å²) in [5.41, 5.74) is 0.989. The minimum Gasteiger partial charge on any atom is -0.499 e. The third-order valence-corrected chi connectivity index (χ3v) is 3.22. The zero-order chi connectivity index (χ0) is 14.9. The van der Waals surface area contributed by atoms with Crippen LogP contribution >= 0.6 is 0 Å². The maximum Gasteiger partial charge on any atom is 0.139 e. The molecule has 0 spiro atoms. The molecule has 2 rings (SSSR count). The molecular weight excluding hydrogens is 272 g/mol. The molecule has 21 heavy (non-hydrogen) atoms. The standard InChI is InChI=1S/C15H22N2O4/c1-2-19-8-9-20-12-14-11-17(6-7-18)15(21-14)13-4-3-5-16-10-13/h2-5,10,14-15,18H,1,6-9,11-12H2. The van der Waals surface area contributed by atoms with Gasteiger partial charge in [-0.3, -0.25) is 9.88 Å². The van der Waals surface area contributed by atoms with Crippen LogP contribution in [0.15, 0.2) is 37.4 Å². The van der Waals surface area contributed by atoms with E-state index in [-0.39, 0.29) is 18.9 Å². The van der Waals surface area contributed by atoms with E-state index in [2.05, 4.69) is 16.5 Å². The van der Waals surface area contributed by atoms with Crippen LogP contribution in [0.25, 0.3) is 0 Å². The Morgan fingerprint density at radius 2 is 2.43 bits per heavy atom. The van der Waals surface area contributed by atoms with Gasteiger partial charge >= 0.3 is 0 Å². The molecule has 2 heterocycles. The Kier molecular flexibility index (Phi) is 6.62. The van der Waals surface area contributed by atoms with Crippen LogP contribution < -0.4 is 0 Å². The van der Waals surface area contributed by atoms with Crippen LogP contribution in [0.4, 0.5) is 0 Å². The summed E-state index contributed by atoms with van der Waals surface area (Å²) < 4.78 is 16.5. The molecule has 1 aromatic rings. The molecule has 1 N–H and O–H groups in total. The normalized spacial score (nSPS) is 22.3. The van der Waals surface area contributed by atoms with E-state index in [4.69, 9.17) is 14.2 Å². The van der Waals surface area contributed by atoms with Crippen molar-refractivity contribution in [1.29, 1.82) is 0 Å². The molecule has 1 saturated heterocycles. The minimum absolute atomic E-state index is 0.0227. The predicted molar refractivity (Wildman–Crippen MR) is 77.5 cm³/mol. The Balaban J connectivity index is 1.85. The van der Waals surface area contributed by atoms with Crippen LogP contribution in [0.1, 0.15) is 11.8 Å². The van der Waals surface area contributed by atoms with Crippen LogP contribution in [0.5, 0.6) is 0 Å². The van der Waals surface area contributed by atoms with Crippen molar-refractivity contribution in [1.82, 2.24) is 9.88 Å². The average molecular weight is 294 g/mol. The third-order valence-electron chi connectivity index (χ3n) is 3.22. The number of ether oxygens (including phenoxy) is 3. The molecule has 1 aromatic heterocycles. The second-order valence-corrected chi connectivity index (χ2v) is 4.73. The summed E-state index contributed by atoms with van der Waals surface area (Å²) in [6.45, 7) is 6.35. The number of aliphatic hydroxyl groups excluding tert-OH is 1. The fraction of sp³-hybridized carbons (Fsp3) is 0.533. The van der Waals surface area contributed by atoms with Crippen molar-refractivity contribution >= 4 is 0 Å². The van der Waals surface area contributed by atoms with Gasteiger partial charge < -0.3 is 19.3 Å². The Hall–Kier alpha value is -1.47. The molecule has 2 unspecified atom stereocenters. The van der Waals surface area contributed by atoms with E-state index >= 15 is 0 Å². The van der Waals surface area contributed by atoms with Crippen molar-refractivity contribution in [3.05, 3.63) is 42.9 Å². The van der Waals surface area contributed by atoms with Crippen LogP contribution in [-0.4, -0.2) is 60.6 Å². The molecule has 1 fully saturated rings. The van der Waals surface area contributed by atoms with Crippen LogP contribution in [0.2, 0.25) is 0 Å². The first-order valence-electron chi connectivity index (χ1n) is 7.05. The predicted octanol–water partition coefficient (Wildman–Crippen LogP) is 0.950. The summed E-state index contributed by atoms with van der Waals surface area (Å²) in [5.74, 6) is 0. The van der Waals surface area contributed by atoms with Gasteiger partial charge in [-0.1, -0.05) is 12.6 Å². The van der Waals surface area contributed by atoms with Gasteiger partial charge in [0.1, 0.15) is 12.8 Å². The molecule has 6 nitrogen and oxygen atoms in total. The highest BCUT2D eigenvalue weighted by Crippen LogP contribution is 2.29. The molecule has 0 amide bonds. The van der Waals surface area contributed by atoms with Gasteiger partial charge in [0.25, 0.3) is 0 Å². The summed E-state index contributed by atoms with van der Waals surface area (Å²) in [6.07, 6.45) is 4.72. The van der Waals surface area contributed by atoms with E-state index in [1.54, 1.807) is 12.4 Å². The first-order chi connectivity index (χ1) is 10.3. The Morgan fingerprint density at radius 1 is 1.52 bits per heavy atom. The average Bonchev–Trinajstić information content (AvgIpc) is 2.91. The lowest BCUT2D eigenvalue weighted by molar-refractivity contribution is -0.0414. The summed E-state index contributed by atoms with van der Waals surface area (Å²) in [4.78, 5) is 6.21. The molecule has 0 aromatic carbocycles. The van der Waals surface area contributed by atoms with Crippen LogP contribution in [0, 0.1) is 0 Å². The number of β-amino-alcohol motifs (C(OH)–C–C–N with tert-alkyl or cyclic N) is 1. The third kappa shape index (κ3) is 4.78. The summed E-state index contributed by atoms with van der Waals surface area (Å²) in [5, 5.41) is 9.18. The molecule has 1 aliphatic rings. The second-order valence-electron chi connectivity index (χ2n) is 4.73. The minimum atomic E-state index is -0.177. The van der Waals surface area contributed by atoms with E-state index in [0.717, 1.165) is 12.1 Å². The van der Waals surface area contributed by atoms with E-state index in [9.17, 15) is 5.11 Å². The summed E-state index contributed by atoms with van der Waals surface area (Å²) >= 11 is 0. The molecule has 2 atom stereocenters. The van der Waals surface area contributed by atoms with Crippen molar-refractivity contribution in [2.45, 2.75) is 12.3 Å². The molecular formula is C15H22N2O4. The molecule has 0 bridgehead atoms. The van der Waals surface area contributed by atoms with Gasteiger partial charge in [-0.05, 0) is 6.07 Å². The highest BCUT2D eigenvalue weighted by atomic mass is 16.6. The number of aromatic nitrogens is 1. The Morgan fingerprint density at radius 3 is 3.14 bits per heavy atom. The number of rotatable bonds is 9. The smallest absolute Gasteiger partial charge is 0.139 e.